The molecule has 1 rings (SSSR count). The van der Waals surface area contributed by atoms with Gasteiger partial charge in [0.25, 0.3) is 0 Å². The zero-order valence-electron chi connectivity index (χ0n) is 8.52. The molecule has 2 N–H and O–H groups in total. The van der Waals surface area contributed by atoms with Gasteiger partial charge in [-0.05, 0) is 19.8 Å². The van der Waals surface area contributed by atoms with Gasteiger partial charge in [0.2, 0.25) is 5.91 Å². The molecule has 0 aliphatic carbocycles. The first kappa shape index (κ1) is 11.5. The Morgan fingerprint density at radius 3 is 2.73 bits per heavy atom. The Morgan fingerprint density at radius 1 is 1.60 bits per heavy atom. The van der Waals surface area contributed by atoms with E-state index in [0.29, 0.717) is 12.8 Å². The first-order chi connectivity index (χ1) is 7.02. The van der Waals surface area contributed by atoms with Crippen molar-refractivity contribution in [2.24, 2.45) is 0 Å². The zero-order valence-corrected chi connectivity index (χ0v) is 8.52. The van der Waals surface area contributed by atoms with Crippen LogP contribution in [-0.2, 0) is 9.59 Å². The second-order valence-corrected chi connectivity index (χ2v) is 3.56. The number of nitrogens with zero attached hydrogens (tertiary/aromatic N) is 1. The van der Waals surface area contributed by atoms with E-state index in [1.807, 2.05) is 0 Å². The van der Waals surface area contributed by atoms with Crippen molar-refractivity contribution in [3.8, 4) is 0 Å². The van der Waals surface area contributed by atoms with E-state index < -0.39 is 5.97 Å². The SMILES string of the molecule is CC(CCCC(=O)O)N1C(=O)CNC1=O. The average molecular weight is 214 g/mol. The van der Waals surface area contributed by atoms with Gasteiger partial charge in [0.05, 0.1) is 6.54 Å². The van der Waals surface area contributed by atoms with Crippen LogP contribution in [0.15, 0.2) is 0 Å². The minimum Gasteiger partial charge on any atom is -0.481 e. The van der Waals surface area contributed by atoms with Crippen LogP contribution in [0.3, 0.4) is 0 Å². The number of carboxylic acids is 1. The van der Waals surface area contributed by atoms with Gasteiger partial charge in [-0.1, -0.05) is 0 Å². The highest BCUT2D eigenvalue weighted by Gasteiger charge is 2.32. The second kappa shape index (κ2) is 4.77. The Hall–Kier alpha value is -1.59. The van der Waals surface area contributed by atoms with Crippen molar-refractivity contribution in [2.75, 3.05) is 6.54 Å². The quantitative estimate of drug-likeness (QED) is 0.639. The van der Waals surface area contributed by atoms with E-state index in [9.17, 15) is 14.4 Å². The number of carboxylic acid groups (broad SMARTS) is 1. The van der Waals surface area contributed by atoms with Crippen LogP contribution in [0.1, 0.15) is 26.2 Å². The molecule has 6 heteroatoms. The van der Waals surface area contributed by atoms with E-state index in [0.717, 1.165) is 4.90 Å². The Labute approximate surface area is 87.2 Å². The Bertz CT molecular complexity index is 274. The molecule has 1 aliphatic rings. The number of carbonyl (C=O) groups is 3. The summed E-state index contributed by atoms with van der Waals surface area (Å²) in [4.78, 5) is 33.9. The molecule has 0 aromatic heterocycles. The summed E-state index contributed by atoms with van der Waals surface area (Å²) in [6.45, 7) is 1.78. The van der Waals surface area contributed by atoms with Gasteiger partial charge in [0.1, 0.15) is 0 Å². The lowest BCUT2D eigenvalue weighted by Crippen LogP contribution is -2.38. The Kier molecular flexibility index (Phi) is 3.65. The smallest absolute Gasteiger partial charge is 0.324 e. The average Bonchev–Trinajstić information content (AvgIpc) is 2.45. The van der Waals surface area contributed by atoms with Crippen molar-refractivity contribution in [3.63, 3.8) is 0 Å². The highest BCUT2D eigenvalue weighted by Crippen LogP contribution is 2.11. The summed E-state index contributed by atoms with van der Waals surface area (Å²) < 4.78 is 0. The minimum atomic E-state index is -0.862. The molecule has 84 valence electrons. The molecule has 1 fully saturated rings. The van der Waals surface area contributed by atoms with Crippen molar-refractivity contribution in [1.29, 1.82) is 0 Å². The highest BCUT2D eigenvalue weighted by atomic mass is 16.4. The van der Waals surface area contributed by atoms with Gasteiger partial charge < -0.3 is 10.4 Å². The third-order valence-corrected chi connectivity index (χ3v) is 2.33. The maximum absolute atomic E-state index is 11.2. The maximum Gasteiger partial charge on any atom is 0.324 e. The van der Waals surface area contributed by atoms with Gasteiger partial charge in [0, 0.05) is 12.5 Å². The number of rotatable bonds is 5. The number of nitrogens with one attached hydrogen (secondary N) is 1. The second-order valence-electron chi connectivity index (χ2n) is 3.56. The number of aliphatic carboxylic acids is 1. The van der Waals surface area contributed by atoms with E-state index in [4.69, 9.17) is 5.11 Å². The molecule has 6 nitrogen and oxygen atoms in total. The molecule has 0 spiro atoms. The predicted octanol–water partition coefficient (Wildman–Crippen LogP) is 0.182. The van der Waals surface area contributed by atoms with Crippen molar-refractivity contribution in [2.45, 2.75) is 32.2 Å². The van der Waals surface area contributed by atoms with Crippen LogP contribution >= 0.6 is 0 Å². The van der Waals surface area contributed by atoms with E-state index in [1.54, 1.807) is 6.92 Å². The maximum atomic E-state index is 11.2. The zero-order chi connectivity index (χ0) is 11.4. The van der Waals surface area contributed by atoms with E-state index in [-0.39, 0.29) is 30.9 Å². The van der Waals surface area contributed by atoms with Crippen molar-refractivity contribution < 1.29 is 19.5 Å². The van der Waals surface area contributed by atoms with Gasteiger partial charge in [-0.25, -0.2) is 4.79 Å². The first-order valence-corrected chi connectivity index (χ1v) is 4.84. The molecule has 15 heavy (non-hydrogen) atoms. The normalized spacial score (nSPS) is 17.8. The molecular weight excluding hydrogens is 200 g/mol. The minimum absolute atomic E-state index is 0.0438. The van der Waals surface area contributed by atoms with Crippen LogP contribution in [0, 0.1) is 0 Å². The van der Waals surface area contributed by atoms with Gasteiger partial charge in [-0.2, -0.15) is 0 Å². The van der Waals surface area contributed by atoms with Crippen molar-refractivity contribution in [1.82, 2.24) is 10.2 Å². The van der Waals surface area contributed by atoms with Crippen LogP contribution < -0.4 is 5.32 Å². The molecule has 0 radical (unpaired) electrons. The summed E-state index contributed by atoms with van der Waals surface area (Å²) in [5.74, 6) is -1.11. The van der Waals surface area contributed by atoms with Crippen LogP contribution in [0.2, 0.25) is 0 Å². The summed E-state index contributed by atoms with van der Waals surface area (Å²) in [6, 6.07) is -0.623. The van der Waals surface area contributed by atoms with Gasteiger partial charge in [0.15, 0.2) is 0 Å². The number of hydrogen-bond donors (Lipinski definition) is 2. The summed E-state index contributed by atoms with van der Waals surface area (Å²) in [7, 11) is 0. The van der Waals surface area contributed by atoms with Crippen LogP contribution in [0.5, 0.6) is 0 Å². The molecule has 0 aromatic carbocycles. The fraction of sp³-hybridized carbons (Fsp3) is 0.667. The van der Waals surface area contributed by atoms with E-state index >= 15 is 0 Å². The summed E-state index contributed by atoms with van der Waals surface area (Å²) in [5, 5.41) is 10.9. The topological polar surface area (TPSA) is 86.7 Å². The number of urea groups is 1. The molecule has 1 unspecified atom stereocenters. The summed E-state index contributed by atoms with van der Waals surface area (Å²) in [5.41, 5.74) is 0. The highest BCUT2D eigenvalue weighted by molar-refractivity contribution is 6.02. The monoisotopic (exact) mass is 214 g/mol. The molecule has 1 heterocycles. The standard InChI is InChI=1S/C9H14N2O4/c1-6(3-2-4-8(13)14)11-7(12)5-10-9(11)15/h6H,2-5H2,1H3,(H,10,15)(H,13,14). The number of imide groups is 1. The van der Waals surface area contributed by atoms with Gasteiger partial charge >= 0.3 is 12.0 Å². The molecule has 0 aromatic rings. The van der Waals surface area contributed by atoms with Crippen LogP contribution in [-0.4, -0.2) is 40.5 Å². The van der Waals surface area contributed by atoms with Gasteiger partial charge in [-0.3, -0.25) is 14.5 Å². The predicted molar refractivity (Wildman–Crippen MR) is 51.2 cm³/mol. The summed E-state index contributed by atoms with van der Waals surface area (Å²) in [6.07, 6.45) is 1.05. The number of hydrogen-bond acceptors (Lipinski definition) is 3. The largest absolute Gasteiger partial charge is 0.481 e. The molecule has 1 aliphatic heterocycles. The lowest BCUT2D eigenvalue weighted by atomic mass is 10.1. The first-order valence-electron chi connectivity index (χ1n) is 4.84. The third kappa shape index (κ3) is 2.93. The fourth-order valence-corrected chi connectivity index (χ4v) is 1.56. The molecule has 0 saturated carbocycles. The molecule has 0 bridgehead atoms. The van der Waals surface area contributed by atoms with Crippen LogP contribution in [0.25, 0.3) is 0 Å². The van der Waals surface area contributed by atoms with E-state index in [1.165, 1.54) is 0 Å². The summed E-state index contributed by atoms with van der Waals surface area (Å²) >= 11 is 0. The lowest BCUT2D eigenvalue weighted by Gasteiger charge is -2.20. The fourth-order valence-electron chi connectivity index (χ4n) is 1.56. The third-order valence-electron chi connectivity index (χ3n) is 2.33. The Morgan fingerprint density at radius 2 is 2.27 bits per heavy atom. The number of amides is 3. The number of carbonyl (C=O) groups excluding carboxylic acids is 2. The molecule has 1 saturated heterocycles. The van der Waals surface area contributed by atoms with Crippen LogP contribution in [0.4, 0.5) is 4.79 Å². The molecule has 1 atom stereocenters. The molecular formula is C9H14N2O4. The lowest BCUT2D eigenvalue weighted by molar-refractivity contribution is -0.137. The molecule has 3 amide bonds. The van der Waals surface area contributed by atoms with Crippen molar-refractivity contribution in [3.05, 3.63) is 0 Å². The Balaban J connectivity index is 2.39. The van der Waals surface area contributed by atoms with E-state index in [2.05, 4.69) is 5.32 Å². The van der Waals surface area contributed by atoms with Crippen molar-refractivity contribution >= 4 is 17.9 Å². The van der Waals surface area contributed by atoms with Gasteiger partial charge in [-0.15, -0.1) is 0 Å².